The van der Waals surface area contributed by atoms with Gasteiger partial charge in [-0.15, -0.1) is 11.8 Å². The molecule has 0 fully saturated rings. The summed E-state index contributed by atoms with van der Waals surface area (Å²) < 4.78 is 5.89. The van der Waals surface area contributed by atoms with Crippen molar-refractivity contribution in [1.29, 1.82) is 0 Å². The average Bonchev–Trinajstić information content (AvgIpc) is 2.81. The maximum atomic E-state index is 6.18. The van der Waals surface area contributed by atoms with Gasteiger partial charge in [-0.1, -0.05) is 35.9 Å². The van der Waals surface area contributed by atoms with E-state index in [4.69, 9.17) is 16.3 Å². The SMILES string of the molecule is Cc1ccc(OCC2CSc3ccccc32)c(Cl)c1. The summed E-state index contributed by atoms with van der Waals surface area (Å²) in [6, 6.07) is 14.5. The molecule has 1 heterocycles. The molecule has 0 bridgehead atoms. The Hall–Kier alpha value is -1.12. The summed E-state index contributed by atoms with van der Waals surface area (Å²) in [5, 5.41) is 0.693. The monoisotopic (exact) mass is 290 g/mol. The quantitative estimate of drug-likeness (QED) is 0.794. The highest BCUT2D eigenvalue weighted by molar-refractivity contribution is 7.99. The molecular weight excluding hydrogens is 276 g/mol. The summed E-state index contributed by atoms with van der Waals surface area (Å²) in [4.78, 5) is 1.38. The molecule has 0 aromatic heterocycles. The van der Waals surface area contributed by atoms with Crippen LogP contribution in [0.1, 0.15) is 17.0 Å². The van der Waals surface area contributed by atoms with Crippen molar-refractivity contribution in [2.45, 2.75) is 17.7 Å². The number of thioether (sulfide) groups is 1. The molecule has 2 aromatic carbocycles. The molecule has 0 saturated heterocycles. The van der Waals surface area contributed by atoms with E-state index in [1.165, 1.54) is 10.5 Å². The zero-order valence-corrected chi connectivity index (χ0v) is 12.3. The Morgan fingerprint density at radius 2 is 2.11 bits per heavy atom. The Morgan fingerprint density at radius 3 is 2.95 bits per heavy atom. The molecule has 0 amide bonds. The number of hydrogen-bond donors (Lipinski definition) is 0. The molecule has 0 N–H and O–H groups in total. The number of aryl methyl sites for hydroxylation is 1. The third kappa shape index (κ3) is 2.75. The Labute approximate surface area is 122 Å². The van der Waals surface area contributed by atoms with E-state index in [-0.39, 0.29) is 0 Å². The van der Waals surface area contributed by atoms with Gasteiger partial charge in [-0.05, 0) is 36.2 Å². The molecule has 19 heavy (non-hydrogen) atoms. The molecule has 2 aromatic rings. The normalized spacial score (nSPS) is 17.3. The summed E-state index contributed by atoms with van der Waals surface area (Å²) in [6.07, 6.45) is 0. The third-order valence-corrected chi connectivity index (χ3v) is 4.87. The van der Waals surface area contributed by atoms with Crippen molar-refractivity contribution in [3.63, 3.8) is 0 Å². The molecule has 0 aliphatic carbocycles. The summed E-state index contributed by atoms with van der Waals surface area (Å²) in [5.74, 6) is 2.32. The largest absolute Gasteiger partial charge is 0.491 e. The first-order valence-electron chi connectivity index (χ1n) is 6.35. The Morgan fingerprint density at radius 1 is 1.26 bits per heavy atom. The van der Waals surface area contributed by atoms with Crippen LogP contribution in [0.15, 0.2) is 47.4 Å². The van der Waals surface area contributed by atoms with Crippen molar-refractivity contribution in [3.8, 4) is 5.75 Å². The van der Waals surface area contributed by atoms with Crippen LogP contribution < -0.4 is 4.74 Å². The molecule has 1 unspecified atom stereocenters. The van der Waals surface area contributed by atoms with Gasteiger partial charge < -0.3 is 4.74 Å². The van der Waals surface area contributed by atoms with Gasteiger partial charge in [-0.25, -0.2) is 0 Å². The number of halogens is 1. The van der Waals surface area contributed by atoms with Gasteiger partial charge in [0.05, 0.1) is 11.6 Å². The lowest BCUT2D eigenvalue weighted by molar-refractivity contribution is 0.298. The smallest absolute Gasteiger partial charge is 0.137 e. The van der Waals surface area contributed by atoms with Gasteiger partial charge in [0.2, 0.25) is 0 Å². The summed E-state index contributed by atoms with van der Waals surface area (Å²) in [6.45, 7) is 2.71. The highest BCUT2D eigenvalue weighted by atomic mass is 35.5. The summed E-state index contributed by atoms with van der Waals surface area (Å²) in [5.41, 5.74) is 2.55. The van der Waals surface area contributed by atoms with E-state index in [9.17, 15) is 0 Å². The standard InChI is InChI=1S/C16H15ClOS/c1-11-6-7-15(14(17)8-11)18-9-12-10-19-16-5-3-2-4-13(12)16/h2-8,12H,9-10H2,1H3. The highest BCUT2D eigenvalue weighted by Gasteiger charge is 2.23. The van der Waals surface area contributed by atoms with Crippen LogP contribution in [0.2, 0.25) is 5.02 Å². The lowest BCUT2D eigenvalue weighted by atomic mass is 10.0. The van der Waals surface area contributed by atoms with Crippen molar-refractivity contribution in [3.05, 3.63) is 58.6 Å². The van der Waals surface area contributed by atoms with E-state index in [1.54, 1.807) is 0 Å². The molecule has 98 valence electrons. The van der Waals surface area contributed by atoms with Gasteiger partial charge in [0, 0.05) is 16.6 Å². The van der Waals surface area contributed by atoms with Crippen LogP contribution in [0.25, 0.3) is 0 Å². The minimum atomic E-state index is 0.457. The fraction of sp³-hybridized carbons (Fsp3) is 0.250. The zero-order chi connectivity index (χ0) is 13.2. The molecule has 1 aliphatic heterocycles. The van der Waals surface area contributed by atoms with E-state index < -0.39 is 0 Å². The second-order valence-corrected chi connectivity index (χ2v) is 6.26. The highest BCUT2D eigenvalue weighted by Crippen LogP contribution is 2.39. The number of fused-ring (bicyclic) bond motifs is 1. The van der Waals surface area contributed by atoms with Crippen LogP contribution in [0.3, 0.4) is 0 Å². The Balaban J connectivity index is 1.71. The number of benzene rings is 2. The van der Waals surface area contributed by atoms with Crippen LogP contribution in [0.5, 0.6) is 5.75 Å². The van der Waals surface area contributed by atoms with Crippen molar-refractivity contribution >= 4 is 23.4 Å². The minimum absolute atomic E-state index is 0.457. The number of ether oxygens (including phenoxy) is 1. The molecule has 1 aliphatic rings. The maximum absolute atomic E-state index is 6.18. The van der Waals surface area contributed by atoms with E-state index in [0.29, 0.717) is 17.5 Å². The van der Waals surface area contributed by atoms with Crippen molar-refractivity contribution in [2.24, 2.45) is 0 Å². The van der Waals surface area contributed by atoms with Crippen molar-refractivity contribution in [1.82, 2.24) is 0 Å². The zero-order valence-electron chi connectivity index (χ0n) is 10.7. The number of rotatable bonds is 3. The third-order valence-electron chi connectivity index (χ3n) is 3.33. The van der Waals surface area contributed by atoms with E-state index in [1.807, 2.05) is 36.9 Å². The first kappa shape index (κ1) is 12.9. The Kier molecular flexibility index (Phi) is 3.72. The second-order valence-electron chi connectivity index (χ2n) is 4.79. The molecule has 1 atom stereocenters. The van der Waals surface area contributed by atoms with Crippen molar-refractivity contribution < 1.29 is 4.74 Å². The lowest BCUT2D eigenvalue weighted by Gasteiger charge is -2.13. The van der Waals surface area contributed by atoms with Gasteiger partial charge in [0.25, 0.3) is 0 Å². The van der Waals surface area contributed by atoms with Gasteiger partial charge >= 0.3 is 0 Å². The first-order valence-corrected chi connectivity index (χ1v) is 7.71. The fourth-order valence-electron chi connectivity index (χ4n) is 2.28. The van der Waals surface area contributed by atoms with Gasteiger partial charge in [0.1, 0.15) is 5.75 Å². The van der Waals surface area contributed by atoms with E-state index in [0.717, 1.165) is 17.1 Å². The maximum Gasteiger partial charge on any atom is 0.137 e. The Bertz CT molecular complexity index is 597. The summed E-state index contributed by atoms with van der Waals surface area (Å²) in [7, 11) is 0. The second kappa shape index (κ2) is 5.48. The van der Waals surface area contributed by atoms with Crippen LogP contribution >= 0.6 is 23.4 Å². The topological polar surface area (TPSA) is 9.23 Å². The predicted molar refractivity (Wildman–Crippen MR) is 81.6 cm³/mol. The molecule has 1 nitrogen and oxygen atoms in total. The van der Waals surface area contributed by atoms with E-state index >= 15 is 0 Å². The molecule has 0 spiro atoms. The van der Waals surface area contributed by atoms with Gasteiger partial charge in [0.15, 0.2) is 0 Å². The molecule has 0 radical (unpaired) electrons. The fourth-order valence-corrected chi connectivity index (χ4v) is 3.80. The van der Waals surface area contributed by atoms with Crippen LogP contribution in [-0.2, 0) is 0 Å². The van der Waals surface area contributed by atoms with Crippen LogP contribution in [0.4, 0.5) is 0 Å². The first-order chi connectivity index (χ1) is 9.24. The van der Waals surface area contributed by atoms with E-state index in [2.05, 4.69) is 24.3 Å². The lowest BCUT2D eigenvalue weighted by Crippen LogP contribution is -2.09. The van der Waals surface area contributed by atoms with Crippen LogP contribution in [-0.4, -0.2) is 12.4 Å². The molecule has 3 heteroatoms. The average molecular weight is 291 g/mol. The molecule has 3 rings (SSSR count). The van der Waals surface area contributed by atoms with Crippen LogP contribution in [0, 0.1) is 6.92 Å². The van der Waals surface area contributed by atoms with Gasteiger partial charge in [-0.2, -0.15) is 0 Å². The number of hydrogen-bond acceptors (Lipinski definition) is 2. The molecule has 0 saturated carbocycles. The molecular formula is C16H15ClOS. The van der Waals surface area contributed by atoms with Gasteiger partial charge in [-0.3, -0.25) is 0 Å². The minimum Gasteiger partial charge on any atom is -0.491 e. The summed E-state index contributed by atoms with van der Waals surface area (Å²) >= 11 is 8.09. The van der Waals surface area contributed by atoms with Crippen molar-refractivity contribution in [2.75, 3.05) is 12.4 Å². The predicted octanol–water partition coefficient (Wildman–Crippen LogP) is 4.92.